The smallest absolute Gasteiger partial charge is 0.277 e. The van der Waals surface area contributed by atoms with Crippen molar-refractivity contribution in [1.82, 2.24) is 9.99 Å². The van der Waals surface area contributed by atoms with Crippen molar-refractivity contribution < 1.29 is 13.9 Å². The zero-order valence-corrected chi connectivity index (χ0v) is 19.2. The van der Waals surface area contributed by atoms with Crippen LogP contribution < -0.4 is 4.74 Å². The summed E-state index contributed by atoms with van der Waals surface area (Å²) in [6, 6.07) is 16.8. The van der Waals surface area contributed by atoms with Crippen LogP contribution in [0.3, 0.4) is 0 Å². The molecular weight excluding hydrogens is 461 g/mol. The highest BCUT2D eigenvalue weighted by Crippen LogP contribution is 2.39. The van der Waals surface area contributed by atoms with E-state index in [0.29, 0.717) is 18.6 Å². The normalized spacial score (nSPS) is 15.7. The third-order valence-electron chi connectivity index (χ3n) is 5.47. The second-order valence-electron chi connectivity index (χ2n) is 7.53. The molecule has 0 saturated heterocycles. The van der Waals surface area contributed by atoms with Crippen LogP contribution >= 0.6 is 22.9 Å². The van der Waals surface area contributed by atoms with Crippen LogP contribution in [0, 0.1) is 5.82 Å². The Balaban J connectivity index is 1.60. The maximum atomic E-state index is 14.5. The van der Waals surface area contributed by atoms with E-state index in [1.54, 1.807) is 12.1 Å². The molecule has 5 nitrogen and oxygen atoms in total. The number of carbonyl (C=O) groups is 1. The molecule has 1 amide bonds. The van der Waals surface area contributed by atoms with Crippen molar-refractivity contribution in [3.05, 3.63) is 93.0 Å². The third kappa shape index (κ3) is 4.10. The Kier molecular flexibility index (Phi) is 5.83. The van der Waals surface area contributed by atoms with Gasteiger partial charge in [0.1, 0.15) is 16.7 Å². The maximum absolute atomic E-state index is 14.5. The van der Waals surface area contributed by atoms with Crippen LogP contribution in [-0.4, -0.2) is 28.2 Å². The molecule has 4 aromatic rings. The fourth-order valence-electron chi connectivity index (χ4n) is 3.93. The molecule has 3 heterocycles. The summed E-state index contributed by atoms with van der Waals surface area (Å²) in [5.74, 6) is -0.393. The first-order valence-electron chi connectivity index (χ1n) is 10.5. The lowest BCUT2D eigenvalue weighted by atomic mass is 10.0. The van der Waals surface area contributed by atoms with E-state index in [4.69, 9.17) is 16.3 Å². The lowest BCUT2D eigenvalue weighted by Crippen LogP contribution is -2.28. The molecule has 0 spiro atoms. The Bertz CT molecular complexity index is 1370. The number of amides is 1. The number of halogens is 2. The number of aromatic nitrogens is 1. The highest BCUT2D eigenvalue weighted by Gasteiger charge is 2.36. The van der Waals surface area contributed by atoms with E-state index in [9.17, 15) is 9.18 Å². The van der Waals surface area contributed by atoms with E-state index in [2.05, 4.69) is 10.1 Å². The zero-order chi connectivity index (χ0) is 22.9. The number of fused-ring (bicyclic) bond motifs is 1. The second-order valence-corrected chi connectivity index (χ2v) is 8.84. The van der Waals surface area contributed by atoms with Gasteiger partial charge in [0.2, 0.25) is 0 Å². The van der Waals surface area contributed by atoms with Gasteiger partial charge in [-0.2, -0.15) is 5.10 Å². The number of pyridine rings is 1. The van der Waals surface area contributed by atoms with Gasteiger partial charge in [-0.25, -0.2) is 14.4 Å². The Morgan fingerprint density at radius 3 is 2.82 bits per heavy atom. The largest absolute Gasteiger partial charge is 0.494 e. The number of hydrazone groups is 1. The van der Waals surface area contributed by atoms with E-state index in [-0.39, 0.29) is 10.7 Å². The number of rotatable bonds is 5. The van der Waals surface area contributed by atoms with Crippen LogP contribution in [0.15, 0.2) is 71.1 Å². The minimum atomic E-state index is -0.592. The van der Waals surface area contributed by atoms with Crippen LogP contribution in [0.4, 0.5) is 4.39 Å². The summed E-state index contributed by atoms with van der Waals surface area (Å²) in [5, 5.41) is 9.01. The van der Waals surface area contributed by atoms with Crippen molar-refractivity contribution in [3.8, 4) is 5.75 Å². The quantitative estimate of drug-likeness (QED) is 0.308. The van der Waals surface area contributed by atoms with E-state index < -0.39 is 17.8 Å². The number of ether oxygens (including phenoxy) is 1. The first kappa shape index (κ1) is 21.6. The van der Waals surface area contributed by atoms with Crippen molar-refractivity contribution in [3.63, 3.8) is 0 Å². The number of hydrogen-bond donors (Lipinski definition) is 0. The summed E-state index contributed by atoms with van der Waals surface area (Å²) >= 11 is 8.14. The van der Waals surface area contributed by atoms with Gasteiger partial charge in [0.15, 0.2) is 0 Å². The summed E-state index contributed by atoms with van der Waals surface area (Å²) in [4.78, 5) is 18.9. The van der Waals surface area contributed by atoms with Crippen molar-refractivity contribution in [1.29, 1.82) is 0 Å². The molecule has 1 aliphatic rings. The summed E-state index contributed by atoms with van der Waals surface area (Å²) in [5.41, 5.74) is 2.08. The van der Waals surface area contributed by atoms with Gasteiger partial charge in [-0.3, -0.25) is 4.79 Å². The molecule has 1 aliphatic heterocycles. The molecule has 33 heavy (non-hydrogen) atoms. The highest BCUT2D eigenvalue weighted by atomic mass is 35.5. The average molecular weight is 480 g/mol. The molecule has 2 aromatic heterocycles. The number of benzene rings is 2. The molecule has 0 aliphatic carbocycles. The number of thiophene rings is 1. The minimum absolute atomic E-state index is 0.0396. The molecule has 0 N–H and O–H groups in total. The van der Waals surface area contributed by atoms with Crippen molar-refractivity contribution >= 4 is 45.5 Å². The Hall–Kier alpha value is -3.29. The Morgan fingerprint density at radius 1 is 1.21 bits per heavy atom. The number of hydrogen-bond acceptors (Lipinski definition) is 5. The van der Waals surface area contributed by atoms with Gasteiger partial charge in [-0.15, -0.1) is 11.3 Å². The predicted molar refractivity (Wildman–Crippen MR) is 129 cm³/mol. The van der Waals surface area contributed by atoms with Gasteiger partial charge >= 0.3 is 0 Å². The van der Waals surface area contributed by atoms with Gasteiger partial charge in [0.05, 0.1) is 34.3 Å². The van der Waals surface area contributed by atoms with E-state index in [1.807, 2.05) is 48.7 Å². The van der Waals surface area contributed by atoms with E-state index >= 15 is 0 Å². The molecule has 0 bridgehead atoms. The maximum Gasteiger partial charge on any atom is 0.277 e. The minimum Gasteiger partial charge on any atom is -0.494 e. The third-order valence-corrected chi connectivity index (χ3v) is 6.69. The van der Waals surface area contributed by atoms with Gasteiger partial charge in [-0.05, 0) is 54.8 Å². The van der Waals surface area contributed by atoms with Crippen molar-refractivity contribution in [2.24, 2.45) is 5.10 Å². The van der Waals surface area contributed by atoms with Crippen LogP contribution in [-0.2, 0) is 0 Å². The van der Waals surface area contributed by atoms with Gasteiger partial charge < -0.3 is 4.74 Å². The monoisotopic (exact) mass is 479 g/mol. The highest BCUT2D eigenvalue weighted by molar-refractivity contribution is 7.12. The van der Waals surface area contributed by atoms with Crippen molar-refractivity contribution in [2.45, 2.75) is 19.4 Å². The SMILES string of the molecule is CCOc1ccc2nc(Cl)c(C3CC(c4cccs4)=NN3C(=O)c3ccccc3F)cc2c1. The molecule has 2 aromatic carbocycles. The van der Waals surface area contributed by atoms with E-state index in [1.165, 1.54) is 28.5 Å². The molecule has 166 valence electrons. The second kappa shape index (κ2) is 8.92. The molecule has 5 rings (SSSR count). The van der Waals surface area contributed by atoms with Crippen molar-refractivity contribution in [2.75, 3.05) is 6.61 Å². The standard InChI is InChI=1S/C25H19ClFN3O2S/c1-2-32-16-9-10-20-15(12-16)13-18(24(26)28-20)22-14-21(23-8-5-11-33-23)29-30(22)25(31)17-6-3-4-7-19(17)27/h3-13,22H,2,14H2,1H3. The molecule has 0 saturated carbocycles. The first-order chi connectivity index (χ1) is 16.0. The summed E-state index contributed by atoms with van der Waals surface area (Å²) in [7, 11) is 0. The van der Waals surface area contributed by atoms with Gasteiger partial charge in [0, 0.05) is 17.4 Å². The van der Waals surface area contributed by atoms with Crippen LogP contribution in [0.1, 0.15) is 40.2 Å². The van der Waals surface area contributed by atoms with Crippen LogP contribution in [0.5, 0.6) is 5.75 Å². The predicted octanol–water partition coefficient (Wildman–Crippen LogP) is 6.48. The van der Waals surface area contributed by atoms with Gasteiger partial charge in [-0.1, -0.05) is 29.8 Å². The molecule has 1 unspecified atom stereocenters. The zero-order valence-electron chi connectivity index (χ0n) is 17.7. The summed E-state index contributed by atoms with van der Waals surface area (Å²) in [6.45, 7) is 2.47. The lowest BCUT2D eigenvalue weighted by Gasteiger charge is -2.23. The van der Waals surface area contributed by atoms with Crippen LogP contribution in [0.25, 0.3) is 10.9 Å². The summed E-state index contributed by atoms with van der Waals surface area (Å²) in [6.07, 6.45) is 0.443. The molecule has 0 radical (unpaired) electrons. The molecule has 0 fully saturated rings. The molecular formula is C25H19ClFN3O2S. The molecule has 1 atom stereocenters. The molecule has 8 heteroatoms. The average Bonchev–Trinajstić information content (AvgIpc) is 3.49. The van der Waals surface area contributed by atoms with Crippen LogP contribution in [0.2, 0.25) is 5.15 Å². The number of carbonyl (C=O) groups excluding carboxylic acids is 1. The Labute approximate surface area is 199 Å². The fraction of sp³-hybridized carbons (Fsp3) is 0.160. The summed E-state index contributed by atoms with van der Waals surface area (Å²) < 4.78 is 20.1. The lowest BCUT2D eigenvalue weighted by molar-refractivity contribution is 0.0706. The topological polar surface area (TPSA) is 54.8 Å². The first-order valence-corrected chi connectivity index (χ1v) is 11.7. The van der Waals surface area contributed by atoms with Gasteiger partial charge in [0.25, 0.3) is 5.91 Å². The van der Waals surface area contributed by atoms with E-state index in [0.717, 1.165) is 27.2 Å². The number of nitrogens with zero attached hydrogens (tertiary/aromatic N) is 3. The fourth-order valence-corrected chi connectivity index (χ4v) is 4.92. The Morgan fingerprint density at radius 2 is 2.06 bits per heavy atom.